The van der Waals surface area contributed by atoms with Crippen molar-refractivity contribution in [1.29, 1.82) is 0 Å². The van der Waals surface area contributed by atoms with E-state index < -0.39 is 30.5 Å². The van der Waals surface area contributed by atoms with Crippen LogP contribution >= 0.6 is 0 Å². The predicted octanol–water partition coefficient (Wildman–Crippen LogP) is 0.145. The summed E-state index contributed by atoms with van der Waals surface area (Å²) >= 11 is 0. The molecule has 0 radical (unpaired) electrons. The third-order valence-corrected chi connectivity index (χ3v) is 4.81. The Bertz CT molecular complexity index is 396. The summed E-state index contributed by atoms with van der Waals surface area (Å²) in [5.74, 6) is 0. The summed E-state index contributed by atoms with van der Waals surface area (Å²) < 4.78 is 41.5. The maximum Gasteiger partial charge on any atom is 0.115 e. The third kappa shape index (κ3) is 16.1. The first-order chi connectivity index (χ1) is 17.1. The summed E-state index contributed by atoms with van der Waals surface area (Å²) in [5, 5.41) is 37.8. The van der Waals surface area contributed by atoms with Crippen LogP contribution in [-0.4, -0.2) is 137 Å². The van der Waals surface area contributed by atoms with Gasteiger partial charge < -0.3 is 53.6 Å². The molecule has 5 unspecified atom stereocenters. The second-order valence-electron chi connectivity index (χ2n) is 7.87. The van der Waals surface area contributed by atoms with Crippen LogP contribution in [0.3, 0.4) is 0 Å². The summed E-state index contributed by atoms with van der Waals surface area (Å²) in [7, 11) is 0. The van der Waals surface area contributed by atoms with Crippen LogP contribution < -0.4 is 0 Å². The Hall–Kier alpha value is -0.440. The SMILES string of the molecule is CCCOCC(OCCC)C(OCCO)C(OCCO)C(OCCO)C(COCCC)OCCO. The minimum absolute atomic E-state index is 0.00401. The van der Waals surface area contributed by atoms with E-state index in [4.69, 9.17) is 33.2 Å². The second-order valence-corrected chi connectivity index (χ2v) is 7.87. The topological polar surface area (TPSA) is 146 Å². The molecule has 0 fully saturated rings. The van der Waals surface area contributed by atoms with Gasteiger partial charge in [-0.2, -0.15) is 0 Å². The molecule has 212 valence electrons. The predicted molar refractivity (Wildman–Crippen MR) is 130 cm³/mol. The second kappa shape index (κ2) is 25.2. The van der Waals surface area contributed by atoms with E-state index in [0.717, 1.165) is 19.3 Å². The van der Waals surface area contributed by atoms with E-state index in [9.17, 15) is 20.4 Å². The average molecular weight is 515 g/mol. The lowest BCUT2D eigenvalue weighted by Gasteiger charge is -2.40. The monoisotopic (exact) mass is 514 g/mol. The van der Waals surface area contributed by atoms with Crippen LogP contribution in [0.1, 0.15) is 40.0 Å². The van der Waals surface area contributed by atoms with Crippen LogP contribution in [0.25, 0.3) is 0 Å². The van der Waals surface area contributed by atoms with Gasteiger partial charge in [0.2, 0.25) is 0 Å². The van der Waals surface area contributed by atoms with E-state index in [-0.39, 0.29) is 66.1 Å². The van der Waals surface area contributed by atoms with Gasteiger partial charge in [-0.3, -0.25) is 0 Å². The zero-order valence-electron chi connectivity index (χ0n) is 21.8. The van der Waals surface area contributed by atoms with Crippen molar-refractivity contribution in [3.8, 4) is 0 Å². The highest BCUT2D eigenvalue weighted by Crippen LogP contribution is 2.23. The maximum absolute atomic E-state index is 9.51. The molecule has 0 saturated heterocycles. The minimum Gasteiger partial charge on any atom is -0.394 e. The molecule has 0 saturated carbocycles. The third-order valence-electron chi connectivity index (χ3n) is 4.81. The highest BCUT2D eigenvalue weighted by molar-refractivity contribution is 4.91. The molecule has 0 aromatic heterocycles. The first-order valence-corrected chi connectivity index (χ1v) is 12.8. The van der Waals surface area contributed by atoms with Crippen LogP contribution in [0.15, 0.2) is 0 Å². The van der Waals surface area contributed by atoms with Crippen molar-refractivity contribution >= 4 is 0 Å². The molecule has 5 atom stereocenters. The molecule has 0 aliphatic heterocycles. The molecule has 0 bridgehead atoms. The molecular weight excluding hydrogens is 464 g/mol. The molecule has 11 heteroatoms. The Morgan fingerprint density at radius 2 is 0.771 bits per heavy atom. The van der Waals surface area contributed by atoms with Crippen molar-refractivity contribution in [2.75, 3.05) is 85.9 Å². The fraction of sp³-hybridized carbons (Fsp3) is 1.00. The molecule has 0 aromatic rings. The Labute approximate surface area is 210 Å². The van der Waals surface area contributed by atoms with Crippen LogP contribution in [0.2, 0.25) is 0 Å². The van der Waals surface area contributed by atoms with Gasteiger partial charge in [0, 0.05) is 19.8 Å². The van der Waals surface area contributed by atoms with Crippen molar-refractivity contribution in [2.24, 2.45) is 0 Å². The van der Waals surface area contributed by atoms with Crippen molar-refractivity contribution in [2.45, 2.75) is 70.6 Å². The maximum atomic E-state index is 9.51. The normalized spacial score (nSPS) is 16.2. The fourth-order valence-electron chi connectivity index (χ4n) is 3.41. The Morgan fingerprint density at radius 3 is 1.14 bits per heavy atom. The molecule has 0 heterocycles. The lowest BCUT2D eigenvalue weighted by molar-refractivity contribution is -0.220. The van der Waals surface area contributed by atoms with Crippen molar-refractivity contribution < 1.29 is 53.6 Å². The highest BCUT2D eigenvalue weighted by Gasteiger charge is 2.42. The zero-order valence-corrected chi connectivity index (χ0v) is 21.8. The van der Waals surface area contributed by atoms with Gasteiger partial charge in [-0.1, -0.05) is 20.8 Å². The number of rotatable bonds is 27. The summed E-state index contributed by atoms with van der Waals surface area (Å²) in [6.07, 6.45) is -1.21. The van der Waals surface area contributed by atoms with Gasteiger partial charge in [-0.05, 0) is 19.3 Å². The van der Waals surface area contributed by atoms with Gasteiger partial charge in [-0.15, -0.1) is 0 Å². The number of ether oxygens (including phenoxy) is 7. The number of aliphatic hydroxyl groups excluding tert-OH is 4. The van der Waals surface area contributed by atoms with Gasteiger partial charge in [0.25, 0.3) is 0 Å². The Morgan fingerprint density at radius 1 is 0.429 bits per heavy atom. The summed E-state index contributed by atoms with van der Waals surface area (Å²) in [4.78, 5) is 0. The smallest absolute Gasteiger partial charge is 0.115 e. The highest BCUT2D eigenvalue weighted by atomic mass is 16.6. The number of aliphatic hydroxyl groups is 4. The van der Waals surface area contributed by atoms with E-state index in [2.05, 4.69) is 0 Å². The molecule has 0 aliphatic rings. The summed E-state index contributed by atoms with van der Waals surface area (Å²) in [6, 6.07) is 0. The average Bonchev–Trinajstić information content (AvgIpc) is 2.87. The van der Waals surface area contributed by atoms with Gasteiger partial charge in [0.15, 0.2) is 0 Å². The number of hydrogen-bond donors (Lipinski definition) is 4. The molecule has 0 rings (SSSR count). The summed E-state index contributed by atoms with van der Waals surface area (Å²) in [5.41, 5.74) is 0. The van der Waals surface area contributed by atoms with Gasteiger partial charge in [0.05, 0.1) is 66.1 Å². The van der Waals surface area contributed by atoms with Crippen LogP contribution in [0.4, 0.5) is 0 Å². The van der Waals surface area contributed by atoms with E-state index in [1.165, 1.54) is 0 Å². The quantitative estimate of drug-likeness (QED) is 0.111. The van der Waals surface area contributed by atoms with Crippen molar-refractivity contribution in [3.63, 3.8) is 0 Å². The largest absolute Gasteiger partial charge is 0.394 e. The van der Waals surface area contributed by atoms with Crippen molar-refractivity contribution in [1.82, 2.24) is 0 Å². The van der Waals surface area contributed by atoms with Gasteiger partial charge in [0.1, 0.15) is 30.5 Å². The molecule has 35 heavy (non-hydrogen) atoms. The number of hydrogen-bond acceptors (Lipinski definition) is 11. The zero-order chi connectivity index (χ0) is 26.2. The lowest BCUT2D eigenvalue weighted by Crippen LogP contribution is -2.56. The fourth-order valence-corrected chi connectivity index (χ4v) is 3.41. The molecular formula is C24H50O11. The minimum atomic E-state index is -0.832. The standard InChI is InChI=1S/C24H50O11/c1-4-11-29-18-20(31-13-6-3)22(33-15-8-26)24(35-17-10-28)23(34-16-9-27)21(32-14-7-25)19-30-12-5-2/h20-28H,4-19H2,1-3H3. The molecule has 4 N–H and O–H groups in total. The van der Waals surface area contributed by atoms with Crippen LogP contribution in [0, 0.1) is 0 Å². The van der Waals surface area contributed by atoms with Crippen molar-refractivity contribution in [3.05, 3.63) is 0 Å². The lowest BCUT2D eigenvalue weighted by atomic mass is 9.98. The van der Waals surface area contributed by atoms with Gasteiger partial charge >= 0.3 is 0 Å². The Balaban J connectivity index is 6.17. The van der Waals surface area contributed by atoms with E-state index >= 15 is 0 Å². The first kappa shape index (κ1) is 34.6. The molecule has 0 aromatic carbocycles. The van der Waals surface area contributed by atoms with Gasteiger partial charge in [-0.25, -0.2) is 0 Å². The molecule has 11 nitrogen and oxygen atoms in total. The van der Waals surface area contributed by atoms with E-state index in [0.29, 0.717) is 19.8 Å². The van der Waals surface area contributed by atoms with E-state index in [1.807, 2.05) is 20.8 Å². The molecule has 0 aliphatic carbocycles. The van der Waals surface area contributed by atoms with Crippen LogP contribution in [0.5, 0.6) is 0 Å². The Kier molecular flexibility index (Phi) is 24.9. The molecule has 0 spiro atoms. The van der Waals surface area contributed by atoms with Crippen LogP contribution in [-0.2, 0) is 33.2 Å². The van der Waals surface area contributed by atoms with E-state index in [1.54, 1.807) is 0 Å². The molecule has 0 amide bonds. The first-order valence-electron chi connectivity index (χ1n) is 12.8. The summed E-state index contributed by atoms with van der Waals surface area (Å²) in [6.45, 7) is 7.03.